The van der Waals surface area contributed by atoms with Crippen molar-refractivity contribution in [2.75, 3.05) is 25.0 Å². The molecule has 0 spiro atoms. The highest BCUT2D eigenvalue weighted by Gasteiger charge is 2.37. The molecule has 1 aromatic heterocycles. The molecule has 7 nitrogen and oxygen atoms in total. The van der Waals surface area contributed by atoms with E-state index in [0.717, 1.165) is 25.3 Å². The van der Waals surface area contributed by atoms with Gasteiger partial charge in [-0.15, -0.1) is 0 Å². The van der Waals surface area contributed by atoms with E-state index in [9.17, 15) is 22.4 Å². The van der Waals surface area contributed by atoms with E-state index in [1.165, 1.54) is 29.2 Å². The van der Waals surface area contributed by atoms with E-state index in [1.54, 1.807) is 18.0 Å². The summed E-state index contributed by atoms with van der Waals surface area (Å²) in [5.41, 5.74) is 0.0329. The summed E-state index contributed by atoms with van der Waals surface area (Å²) in [4.78, 5) is 18.2. The molecule has 0 radical (unpaired) electrons. The van der Waals surface area contributed by atoms with Gasteiger partial charge in [0, 0.05) is 41.5 Å². The molecular weight excluding hydrogens is 480 g/mol. The van der Waals surface area contributed by atoms with E-state index < -0.39 is 23.5 Å². The molecule has 0 aliphatic carbocycles. The van der Waals surface area contributed by atoms with Crippen LogP contribution in [0.15, 0.2) is 40.9 Å². The number of hydrogen-bond acceptors (Lipinski definition) is 6. The third-order valence-corrected chi connectivity index (χ3v) is 6.24. The molecule has 1 fully saturated rings. The van der Waals surface area contributed by atoms with Crippen LogP contribution in [0.25, 0.3) is 22.8 Å². The molecule has 1 aliphatic rings. The van der Waals surface area contributed by atoms with Crippen LogP contribution in [0.3, 0.4) is 0 Å². The summed E-state index contributed by atoms with van der Waals surface area (Å²) in [6, 6.07) is 8.18. The SMILES string of the molecule is CC1CCCCN1c1ccc(-c2nc(-c3ccc(CN(C)CC(=O)O)c(F)c3)no2)cc1C(F)(F)F. The van der Waals surface area contributed by atoms with Gasteiger partial charge in [0.25, 0.3) is 5.89 Å². The quantitative estimate of drug-likeness (QED) is 0.426. The number of carboxylic acids is 1. The molecule has 1 N–H and O–H groups in total. The zero-order valence-corrected chi connectivity index (χ0v) is 19.8. The summed E-state index contributed by atoms with van der Waals surface area (Å²) in [5, 5.41) is 12.7. The normalized spacial score (nSPS) is 16.5. The standard InChI is InChI=1S/C25H26F4N4O3/c1-15-5-3-4-10-33(15)21-9-8-17(11-19(21)25(27,28)29)24-30-23(31-36-24)16-6-7-18(20(26)12-16)13-32(2)14-22(34)35/h6-9,11-12,15H,3-5,10,13-14H2,1-2H3,(H,34,35). The number of aliphatic carboxylic acids is 1. The molecule has 1 atom stereocenters. The van der Waals surface area contributed by atoms with Crippen LogP contribution in [0.5, 0.6) is 0 Å². The lowest BCUT2D eigenvalue weighted by Crippen LogP contribution is -2.38. The first-order valence-corrected chi connectivity index (χ1v) is 11.5. The van der Waals surface area contributed by atoms with Gasteiger partial charge >= 0.3 is 12.1 Å². The van der Waals surface area contributed by atoms with Crippen molar-refractivity contribution < 1.29 is 32.0 Å². The zero-order valence-electron chi connectivity index (χ0n) is 19.8. The van der Waals surface area contributed by atoms with Crippen molar-refractivity contribution in [3.05, 3.63) is 53.3 Å². The van der Waals surface area contributed by atoms with E-state index >= 15 is 0 Å². The van der Waals surface area contributed by atoms with Gasteiger partial charge in [0.05, 0.1) is 12.1 Å². The van der Waals surface area contributed by atoms with Gasteiger partial charge in [0.2, 0.25) is 5.82 Å². The summed E-state index contributed by atoms with van der Waals surface area (Å²) in [5.74, 6) is -1.70. The maximum Gasteiger partial charge on any atom is 0.418 e. The van der Waals surface area contributed by atoms with Crippen molar-refractivity contribution in [3.8, 4) is 22.8 Å². The first kappa shape index (κ1) is 25.6. The molecule has 1 saturated heterocycles. The van der Waals surface area contributed by atoms with E-state index in [2.05, 4.69) is 10.1 Å². The number of carboxylic acid groups (broad SMARTS) is 1. The van der Waals surface area contributed by atoms with Gasteiger partial charge in [-0.1, -0.05) is 17.3 Å². The number of halogens is 4. The van der Waals surface area contributed by atoms with E-state index in [-0.39, 0.29) is 53.2 Å². The van der Waals surface area contributed by atoms with Crippen molar-refractivity contribution in [1.29, 1.82) is 0 Å². The van der Waals surface area contributed by atoms with Crippen LogP contribution < -0.4 is 4.90 Å². The highest BCUT2D eigenvalue weighted by atomic mass is 19.4. The van der Waals surface area contributed by atoms with Gasteiger partial charge in [-0.05, 0) is 57.5 Å². The lowest BCUT2D eigenvalue weighted by molar-refractivity contribution is -0.138. The maximum atomic E-state index is 14.6. The second-order valence-electron chi connectivity index (χ2n) is 9.06. The molecule has 1 aliphatic heterocycles. The Labute approximate surface area is 205 Å². The molecule has 4 rings (SSSR count). The number of benzene rings is 2. The number of rotatable bonds is 7. The smallest absolute Gasteiger partial charge is 0.418 e. The first-order chi connectivity index (χ1) is 17.0. The predicted octanol–water partition coefficient (Wildman–Crippen LogP) is 5.46. The molecule has 36 heavy (non-hydrogen) atoms. The molecule has 2 heterocycles. The Morgan fingerprint density at radius 2 is 1.94 bits per heavy atom. The Morgan fingerprint density at radius 3 is 2.61 bits per heavy atom. The number of alkyl halides is 3. The molecule has 2 aromatic carbocycles. The molecule has 3 aromatic rings. The second kappa shape index (κ2) is 10.3. The molecule has 0 saturated carbocycles. The first-order valence-electron chi connectivity index (χ1n) is 11.5. The minimum Gasteiger partial charge on any atom is -0.480 e. The number of carbonyl (C=O) groups is 1. The Bertz CT molecular complexity index is 1240. The van der Waals surface area contributed by atoms with Crippen LogP contribution in [-0.2, 0) is 17.5 Å². The average Bonchev–Trinajstić information content (AvgIpc) is 3.30. The van der Waals surface area contributed by atoms with Crippen molar-refractivity contribution in [3.63, 3.8) is 0 Å². The van der Waals surface area contributed by atoms with Gasteiger partial charge in [-0.25, -0.2) is 4.39 Å². The van der Waals surface area contributed by atoms with Crippen LogP contribution in [0, 0.1) is 5.82 Å². The Balaban J connectivity index is 1.60. The summed E-state index contributed by atoms with van der Waals surface area (Å²) in [6.45, 7) is 2.32. The number of aromatic nitrogens is 2. The molecule has 11 heteroatoms. The van der Waals surface area contributed by atoms with E-state index in [0.29, 0.717) is 6.54 Å². The van der Waals surface area contributed by atoms with Gasteiger partial charge in [-0.3, -0.25) is 9.69 Å². The highest BCUT2D eigenvalue weighted by molar-refractivity contribution is 5.69. The topological polar surface area (TPSA) is 82.7 Å². The third-order valence-electron chi connectivity index (χ3n) is 6.24. The second-order valence-corrected chi connectivity index (χ2v) is 9.06. The highest BCUT2D eigenvalue weighted by Crippen LogP contribution is 2.41. The lowest BCUT2D eigenvalue weighted by Gasteiger charge is -2.37. The monoisotopic (exact) mass is 506 g/mol. The van der Waals surface area contributed by atoms with Gasteiger partial charge in [0.1, 0.15) is 5.82 Å². The summed E-state index contributed by atoms with van der Waals surface area (Å²) in [6.07, 6.45) is -1.92. The Kier molecular flexibility index (Phi) is 7.30. The van der Waals surface area contributed by atoms with Crippen molar-refractivity contribution in [1.82, 2.24) is 15.0 Å². The fourth-order valence-corrected chi connectivity index (χ4v) is 4.45. The zero-order chi connectivity index (χ0) is 26.0. The van der Waals surface area contributed by atoms with Gasteiger partial charge in [0.15, 0.2) is 0 Å². The minimum absolute atomic E-state index is 0.00231. The van der Waals surface area contributed by atoms with E-state index in [1.807, 2.05) is 6.92 Å². The lowest BCUT2D eigenvalue weighted by atomic mass is 9.99. The van der Waals surface area contributed by atoms with Crippen molar-refractivity contribution in [2.24, 2.45) is 0 Å². The predicted molar refractivity (Wildman–Crippen MR) is 125 cm³/mol. The fourth-order valence-electron chi connectivity index (χ4n) is 4.45. The number of piperidine rings is 1. The average molecular weight is 507 g/mol. The van der Waals surface area contributed by atoms with Gasteiger partial charge in [-0.2, -0.15) is 18.2 Å². The molecule has 0 amide bonds. The summed E-state index contributed by atoms with van der Waals surface area (Å²) in [7, 11) is 1.55. The molecule has 0 bridgehead atoms. The number of likely N-dealkylation sites (N-methyl/N-ethyl adjacent to an activating group) is 1. The molecule has 192 valence electrons. The summed E-state index contributed by atoms with van der Waals surface area (Å²) < 4.78 is 61.7. The van der Waals surface area contributed by atoms with Crippen LogP contribution in [0.2, 0.25) is 0 Å². The van der Waals surface area contributed by atoms with Crippen molar-refractivity contribution in [2.45, 2.75) is 44.9 Å². The third kappa shape index (κ3) is 5.67. The Hall–Kier alpha value is -3.47. The van der Waals surface area contributed by atoms with Gasteiger partial charge < -0.3 is 14.5 Å². The fraction of sp³-hybridized carbons (Fsp3) is 0.400. The molecular formula is C25H26F4N4O3. The van der Waals surface area contributed by atoms with Crippen LogP contribution in [0.4, 0.5) is 23.2 Å². The largest absolute Gasteiger partial charge is 0.480 e. The number of hydrogen-bond donors (Lipinski definition) is 1. The van der Waals surface area contributed by atoms with E-state index in [4.69, 9.17) is 9.63 Å². The maximum absolute atomic E-state index is 14.6. The van der Waals surface area contributed by atoms with Crippen LogP contribution >= 0.6 is 0 Å². The Morgan fingerprint density at radius 1 is 1.19 bits per heavy atom. The van der Waals surface area contributed by atoms with Crippen LogP contribution in [0.1, 0.15) is 37.3 Å². The number of anilines is 1. The van der Waals surface area contributed by atoms with Crippen LogP contribution in [-0.4, -0.2) is 52.3 Å². The minimum atomic E-state index is -4.57. The molecule has 1 unspecified atom stereocenters. The number of nitrogens with zero attached hydrogens (tertiary/aromatic N) is 4. The summed E-state index contributed by atoms with van der Waals surface area (Å²) >= 11 is 0. The van der Waals surface area contributed by atoms with Crippen molar-refractivity contribution >= 4 is 11.7 Å².